The Labute approximate surface area is 100 Å². The number of hydrogen-bond acceptors (Lipinski definition) is 2. The van der Waals surface area contributed by atoms with Gasteiger partial charge < -0.3 is 9.88 Å². The van der Waals surface area contributed by atoms with Gasteiger partial charge in [-0.25, -0.2) is 9.37 Å². The topological polar surface area (TPSA) is 29.9 Å². The number of nitrogens with zero attached hydrogens (tertiary/aromatic N) is 2. The fourth-order valence-corrected chi connectivity index (χ4v) is 1.88. The van der Waals surface area contributed by atoms with E-state index in [0.29, 0.717) is 0 Å². The molecule has 0 fully saturated rings. The molecule has 1 N–H and O–H groups in total. The highest BCUT2D eigenvalue weighted by Gasteiger charge is 2.14. The third kappa shape index (κ3) is 2.22. The number of hydrogen-bond donors (Lipinski definition) is 1. The second kappa shape index (κ2) is 4.67. The highest BCUT2D eigenvalue weighted by Crippen LogP contribution is 2.27. The first-order chi connectivity index (χ1) is 8.13. The molecular formula is C13H16FN3. The molecule has 0 aliphatic carbocycles. The first-order valence-corrected chi connectivity index (χ1v) is 5.58. The molecule has 0 amide bonds. The molecule has 0 bridgehead atoms. The largest absolute Gasteiger partial charge is 0.334 e. The fraction of sp³-hybridized carbons (Fsp3) is 0.308. The maximum absolute atomic E-state index is 13.4. The van der Waals surface area contributed by atoms with Gasteiger partial charge in [0, 0.05) is 31.0 Å². The Balaban J connectivity index is 2.59. The first-order valence-electron chi connectivity index (χ1n) is 5.58. The van der Waals surface area contributed by atoms with Crippen LogP contribution in [0, 0.1) is 5.82 Å². The lowest BCUT2D eigenvalue weighted by Gasteiger charge is -2.15. The van der Waals surface area contributed by atoms with E-state index in [9.17, 15) is 4.39 Å². The molecule has 0 aliphatic heterocycles. The zero-order chi connectivity index (χ0) is 12.4. The minimum absolute atomic E-state index is 0.155. The molecule has 0 radical (unpaired) electrons. The lowest BCUT2D eigenvalue weighted by Crippen LogP contribution is -2.14. The Morgan fingerprint density at radius 2 is 2.18 bits per heavy atom. The average Bonchev–Trinajstić information content (AvgIpc) is 2.74. The Bertz CT molecular complexity index is 519. The van der Waals surface area contributed by atoms with Crippen molar-refractivity contribution in [3.05, 3.63) is 42.0 Å². The Morgan fingerprint density at radius 3 is 2.76 bits per heavy atom. The summed E-state index contributed by atoms with van der Waals surface area (Å²) in [5.41, 5.74) is 1.88. The van der Waals surface area contributed by atoms with Crippen LogP contribution in [0.4, 0.5) is 4.39 Å². The van der Waals surface area contributed by atoms with Gasteiger partial charge >= 0.3 is 0 Å². The SMILES string of the molecule is CNC(C)c1ccc(F)cc1-c1nccn1C. The third-order valence-corrected chi connectivity index (χ3v) is 2.98. The highest BCUT2D eigenvalue weighted by atomic mass is 19.1. The number of nitrogens with one attached hydrogen (secondary N) is 1. The molecule has 0 spiro atoms. The minimum Gasteiger partial charge on any atom is -0.334 e. The van der Waals surface area contributed by atoms with Crippen molar-refractivity contribution in [2.45, 2.75) is 13.0 Å². The monoisotopic (exact) mass is 233 g/mol. The number of benzene rings is 1. The molecule has 1 atom stereocenters. The predicted octanol–water partition coefficient (Wildman–Crippen LogP) is 2.51. The number of halogens is 1. The van der Waals surface area contributed by atoms with Crippen LogP contribution in [-0.2, 0) is 7.05 Å². The van der Waals surface area contributed by atoms with Crippen LogP contribution in [-0.4, -0.2) is 16.6 Å². The van der Waals surface area contributed by atoms with E-state index < -0.39 is 0 Å². The molecule has 2 rings (SSSR count). The summed E-state index contributed by atoms with van der Waals surface area (Å²) >= 11 is 0. The summed E-state index contributed by atoms with van der Waals surface area (Å²) in [5, 5.41) is 3.16. The predicted molar refractivity (Wildman–Crippen MR) is 66.1 cm³/mol. The molecule has 17 heavy (non-hydrogen) atoms. The van der Waals surface area contributed by atoms with Crippen LogP contribution in [0.1, 0.15) is 18.5 Å². The Morgan fingerprint density at radius 1 is 1.41 bits per heavy atom. The van der Waals surface area contributed by atoms with Crippen LogP contribution < -0.4 is 5.32 Å². The van der Waals surface area contributed by atoms with Gasteiger partial charge in [0.15, 0.2) is 0 Å². The number of aromatic nitrogens is 2. The molecule has 3 nitrogen and oxygen atoms in total. The van der Waals surface area contributed by atoms with Crippen molar-refractivity contribution in [2.75, 3.05) is 7.05 Å². The van der Waals surface area contributed by atoms with Crippen LogP contribution >= 0.6 is 0 Å². The molecule has 2 aromatic rings. The normalized spacial score (nSPS) is 12.7. The van der Waals surface area contributed by atoms with Gasteiger partial charge in [-0.3, -0.25) is 0 Å². The van der Waals surface area contributed by atoms with E-state index in [1.165, 1.54) is 12.1 Å². The van der Waals surface area contributed by atoms with Gasteiger partial charge in [0.1, 0.15) is 11.6 Å². The smallest absolute Gasteiger partial charge is 0.140 e. The van der Waals surface area contributed by atoms with E-state index in [0.717, 1.165) is 17.0 Å². The van der Waals surface area contributed by atoms with Crippen molar-refractivity contribution in [1.82, 2.24) is 14.9 Å². The zero-order valence-corrected chi connectivity index (χ0v) is 10.2. The van der Waals surface area contributed by atoms with Gasteiger partial charge in [0.2, 0.25) is 0 Å². The number of rotatable bonds is 3. The summed E-state index contributed by atoms with van der Waals surface area (Å²) in [6.07, 6.45) is 3.57. The van der Waals surface area contributed by atoms with E-state index in [2.05, 4.69) is 10.3 Å². The van der Waals surface area contributed by atoms with Crippen molar-refractivity contribution in [3.63, 3.8) is 0 Å². The molecule has 1 heterocycles. The molecular weight excluding hydrogens is 217 g/mol. The lowest BCUT2D eigenvalue weighted by molar-refractivity contribution is 0.619. The standard InChI is InChI=1S/C13H16FN3/c1-9(15-2)11-5-4-10(14)8-12(11)13-16-6-7-17(13)3/h4-9,15H,1-3H3. The molecule has 1 aromatic heterocycles. The van der Waals surface area contributed by atoms with Crippen LogP contribution in [0.5, 0.6) is 0 Å². The Kier molecular flexibility index (Phi) is 3.24. The van der Waals surface area contributed by atoms with Crippen LogP contribution in [0.3, 0.4) is 0 Å². The van der Waals surface area contributed by atoms with Gasteiger partial charge in [0.25, 0.3) is 0 Å². The highest BCUT2D eigenvalue weighted by molar-refractivity contribution is 5.61. The number of imidazole rings is 1. The zero-order valence-electron chi connectivity index (χ0n) is 10.2. The van der Waals surface area contributed by atoms with Crippen molar-refractivity contribution in [1.29, 1.82) is 0 Å². The second-order valence-electron chi connectivity index (χ2n) is 4.10. The van der Waals surface area contributed by atoms with Gasteiger partial charge in [-0.15, -0.1) is 0 Å². The van der Waals surface area contributed by atoms with Crippen LogP contribution in [0.2, 0.25) is 0 Å². The van der Waals surface area contributed by atoms with Crippen molar-refractivity contribution in [2.24, 2.45) is 7.05 Å². The van der Waals surface area contributed by atoms with Gasteiger partial charge in [0.05, 0.1) is 0 Å². The van der Waals surface area contributed by atoms with E-state index in [1.54, 1.807) is 12.3 Å². The van der Waals surface area contributed by atoms with Crippen LogP contribution in [0.15, 0.2) is 30.6 Å². The van der Waals surface area contributed by atoms with Crippen LogP contribution in [0.25, 0.3) is 11.4 Å². The van der Waals surface area contributed by atoms with E-state index in [-0.39, 0.29) is 11.9 Å². The molecule has 1 aromatic carbocycles. The van der Waals surface area contributed by atoms with Crippen molar-refractivity contribution in [3.8, 4) is 11.4 Å². The van der Waals surface area contributed by atoms with E-state index >= 15 is 0 Å². The minimum atomic E-state index is -0.241. The summed E-state index contributed by atoms with van der Waals surface area (Å²) in [6, 6.07) is 4.98. The van der Waals surface area contributed by atoms with Crippen molar-refractivity contribution < 1.29 is 4.39 Å². The molecule has 90 valence electrons. The van der Waals surface area contributed by atoms with E-state index in [4.69, 9.17) is 0 Å². The number of aryl methyl sites for hydroxylation is 1. The van der Waals surface area contributed by atoms with Crippen molar-refractivity contribution >= 4 is 0 Å². The maximum Gasteiger partial charge on any atom is 0.140 e. The molecule has 0 aliphatic rings. The molecule has 1 unspecified atom stereocenters. The lowest BCUT2D eigenvalue weighted by atomic mass is 10.0. The molecule has 0 saturated carbocycles. The maximum atomic E-state index is 13.4. The third-order valence-electron chi connectivity index (χ3n) is 2.98. The summed E-state index contributed by atoms with van der Waals surface area (Å²) in [6.45, 7) is 2.04. The van der Waals surface area contributed by atoms with E-state index in [1.807, 2.05) is 31.8 Å². The summed E-state index contributed by atoms with van der Waals surface area (Å²) in [7, 11) is 3.79. The summed E-state index contributed by atoms with van der Waals surface area (Å²) in [5.74, 6) is 0.539. The van der Waals surface area contributed by atoms with Gasteiger partial charge in [-0.05, 0) is 31.7 Å². The quantitative estimate of drug-likeness (QED) is 0.882. The summed E-state index contributed by atoms with van der Waals surface area (Å²) < 4.78 is 15.3. The first kappa shape index (κ1) is 11.8. The van der Waals surface area contributed by atoms with Gasteiger partial charge in [-0.1, -0.05) is 6.07 Å². The fourth-order valence-electron chi connectivity index (χ4n) is 1.88. The molecule has 4 heteroatoms. The average molecular weight is 233 g/mol. The summed E-state index contributed by atoms with van der Waals surface area (Å²) in [4.78, 5) is 4.27. The molecule has 0 saturated heterocycles. The van der Waals surface area contributed by atoms with Gasteiger partial charge in [-0.2, -0.15) is 0 Å². The second-order valence-corrected chi connectivity index (χ2v) is 4.10. The Hall–Kier alpha value is -1.68.